The first-order valence-corrected chi connectivity index (χ1v) is 8.29. The monoisotopic (exact) mass is 328 g/mol. The Balaban J connectivity index is 1.57. The van der Waals surface area contributed by atoms with Crippen LogP contribution in [0, 0.1) is 0 Å². The average Bonchev–Trinajstić information content (AvgIpc) is 3.32. The number of carbonyl (C=O) groups is 1. The highest BCUT2D eigenvalue weighted by Crippen LogP contribution is 2.28. The second kappa shape index (κ2) is 7.53. The first kappa shape index (κ1) is 16.6. The molecule has 5 heteroatoms. The summed E-state index contributed by atoms with van der Waals surface area (Å²) in [7, 11) is 3.49. The minimum atomic E-state index is 0.117. The fourth-order valence-corrected chi connectivity index (χ4v) is 2.74. The number of hydrogen-bond acceptors (Lipinski definition) is 4. The second-order valence-corrected chi connectivity index (χ2v) is 6.31. The average molecular weight is 328 g/mol. The van der Waals surface area contributed by atoms with Gasteiger partial charge < -0.3 is 14.1 Å². The van der Waals surface area contributed by atoms with Crippen LogP contribution in [0.15, 0.2) is 47.1 Å². The van der Waals surface area contributed by atoms with Crippen LogP contribution >= 0.6 is 0 Å². The SMILES string of the molecule is COc1ccc(CN(CC(=O)N(C)Cc2ccco2)C2CC2)cc1. The molecule has 1 fully saturated rings. The molecule has 1 aromatic heterocycles. The molecule has 24 heavy (non-hydrogen) atoms. The maximum Gasteiger partial charge on any atom is 0.236 e. The van der Waals surface area contributed by atoms with E-state index in [0.717, 1.165) is 18.1 Å². The third kappa shape index (κ3) is 4.38. The van der Waals surface area contributed by atoms with E-state index < -0.39 is 0 Å². The zero-order valence-electron chi connectivity index (χ0n) is 14.3. The van der Waals surface area contributed by atoms with Crippen LogP contribution in [-0.4, -0.2) is 42.5 Å². The van der Waals surface area contributed by atoms with Crippen molar-refractivity contribution in [3.8, 4) is 5.75 Å². The highest BCUT2D eigenvalue weighted by Gasteiger charge is 2.31. The van der Waals surface area contributed by atoms with Crippen LogP contribution in [0.1, 0.15) is 24.2 Å². The van der Waals surface area contributed by atoms with Crippen LogP contribution < -0.4 is 4.74 Å². The van der Waals surface area contributed by atoms with Crippen LogP contribution in [0.4, 0.5) is 0 Å². The molecule has 1 aliphatic rings. The van der Waals surface area contributed by atoms with E-state index >= 15 is 0 Å². The lowest BCUT2D eigenvalue weighted by Gasteiger charge is -2.24. The van der Waals surface area contributed by atoms with E-state index in [9.17, 15) is 4.79 Å². The normalized spacial score (nSPS) is 14.0. The van der Waals surface area contributed by atoms with Gasteiger partial charge >= 0.3 is 0 Å². The van der Waals surface area contributed by atoms with Crippen molar-refractivity contribution >= 4 is 5.91 Å². The molecule has 0 aliphatic heterocycles. The van der Waals surface area contributed by atoms with E-state index in [1.807, 2.05) is 31.3 Å². The fraction of sp³-hybridized carbons (Fsp3) is 0.421. The van der Waals surface area contributed by atoms with Crippen molar-refractivity contribution in [2.75, 3.05) is 20.7 Å². The summed E-state index contributed by atoms with van der Waals surface area (Å²) in [5.41, 5.74) is 1.20. The summed E-state index contributed by atoms with van der Waals surface area (Å²) in [4.78, 5) is 16.5. The molecular weight excluding hydrogens is 304 g/mol. The van der Waals surface area contributed by atoms with E-state index in [0.29, 0.717) is 19.1 Å². The molecule has 0 N–H and O–H groups in total. The van der Waals surface area contributed by atoms with Gasteiger partial charge in [0.15, 0.2) is 0 Å². The van der Waals surface area contributed by atoms with Crippen molar-refractivity contribution in [1.29, 1.82) is 0 Å². The number of benzene rings is 1. The van der Waals surface area contributed by atoms with E-state index in [1.165, 1.54) is 18.4 Å². The van der Waals surface area contributed by atoms with Gasteiger partial charge in [-0.05, 0) is 42.7 Å². The highest BCUT2D eigenvalue weighted by molar-refractivity contribution is 5.78. The predicted octanol–water partition coefficient (Wildman–Crippen LogP) is 2.91. The lowest BCUT2D eigenvalue weighted by molar-refractivity contribution is -0.132. The van der Waals surface area contributed by atoms with E-state index in [2.05, 4.69) is 17.0 Å². The second-order valence-electron chi connectivity index (χ2n) is 6.31. The number of ether oxygens (including phenoxy) is 1. The van der Waals surface area contributed by atoms with Gasteiger partial charge in [0.05, 0.1) is 26.5 Å². The van der Waals surface area contributed by atoms with Gasteiger partial charge in [0.2, 0.25) is 5.91 Å². The molecule has 0 saturated heterocycles. The minimum absolute atomic E-state index is 0.117. The third-order valence-electron chi connectivity index (χ3n) is 4.35. The van der Waals surface area contributed by atoms with Gasteiger partial charge in [-0.25, -0.2) is 0 Å². The maximum atomic E-state index is 12.5. The summed E-state index contributed by atoms with van der Waals surface area (Å²) >= 11 is 0. The Morgan fingerprint density at radius 3 is 2.54 bits per heavy atom. The Morgan fingerprint density at radius 1 is 1.21 bits per heavy atom. The van der Waals surface area contributed by atoms with E-state index in [4.69, 9.17) is 9.15 Å². The number of carbonyl (C=O) groups excluding carboxylic acids is 1. The van der Waals surface area contributed by atoms with Gasteiger partial charge in [-0.15, -0.1) is 0 Å². The number of methoxy groups -OCH3 is 1. The lowest BCUT2D eigenvalue weighted by atomic mass is 10.2. The summed E-state index contributed by atoms with van der Waals surface area (Å²) in [6, 6.07) is 12.3. The van der Waals surface area contributed by atoms with E-state index in [1.54, 1.807) is 18.3 Å². The van der Waals surface area contributed by atoms with Gasteiger partial charge in [0.25, 0.3) is 0 Å². The van der Waals surface area contributed by atoms with Crippen molar-refractivity contribution < 1.29 is 13.9 Å². The van der Waals surface area contributed by atoms with E-state index in [-0.39, 0.29) is 5.91 Å². The van der Waals surface area contributed by atoms with Crippen molar-refractivity contribution in [3.05, 3.63) is 54.0 Å². The first-order chi connectivity index (χ1) is 11.7. The zero-order chi connectivity index (χ0) is 16.9. The molecule has 0 bridgehead atoms. The van der Waals surface area contributed by atoms with Gasteiger partial charge in [0.1, 0.15) is 11.5 Å². The van der Waals surface area contributed by atoms with Crippen molar-refractivity contribution in [2.45, 2.75) is 32.0 Å². The number of nitrogens with zero attached hydrogens (tertiary/aromatic N) is 2. The van der Waals surface area contributed by atoms with Crippen LogP contribution in [0.5, 0.6) is 5.75 Å². The number of rotatable bonds is 8. The quantitative estimate of drug-likeness (QED) is 0.747. The van der Waals surface area contributed by atoms with Gasteiger partial charge in [-0.3, -0.25) is 9.69 Å². The first-order valence-electron chi connectivity index (χ1n) is 8.29. The summed E-state index contributed by atoms with van der Waals surface area (Å²) < 4.78 is 10.5. The molecule has 3 rings (SSSR count). The molecule has 0 unspecified atom stereocenters. The standard InChI is InChI=1S/C19H24N2O3/c1-20(13-18-4-3-11-24-18)19(22)14-21(16-7-8-16)12-15-5-9-17(23-2)10-6-15/h3-6,9-11,16H,7-8,12-14H2,1-2H3. The smallest absolute Gasteiger partial charge is 0.236 e. The number of furan rings is 1. The molecule has 1 aliphatic carbocycles. The van der Waals surface area contributed by atoms with Crippen molar-refractivity contribution in [3.63, 3.8) is 0 Å². The number of hydrogen-bond donors (Lipinski definition) is 0. The molecule has 128 valence electrons. The Kier molecular flexibility index (Phi) is 5.20. The Morgan fingerprint density at radius 2 is 1.96 bits per heavy atom. The van der Waals surface area contributed by atoms with Crippen molar-refractivity contribution in [2.24, 2.45) is 0 Å². The van der Waals surface area contributed by atoms with Crippen LogP contribution in [0.3, 0.4) is 0 Å². The number of likely N-dealkylation sites (N-methyl/N-ethyl adjacent to an activating group) is 1. The molecular formula is C19H24N2O3. The summed E-state index contributed by atoms with van der Waals surface area (Å²) in [5.74, 6) is 1.77. The molecule has 2 aromatic rings. The summed E-state index contributed by atoms with van der Waals surface area (Å²) in [6.07, 6.45) is 3.98. The Hall–Kier alpha value is -2.27. The summed E-state index contributed by atoms with van der Waals surface area (Å²) in [5, 5.41) is 0. The molecule has 0 radical (unpaired) electrons. The maximum absolute atomic E-state index is 12.5. The zero-order valence-corrected chi connectivity index (χ0v) is 14.3. The summed E-state index contributed by atoms with van der Waals surface area (Å²) in [6.45, 7) is 1.73. The molecule has 5 nitrogen and oxygen atoms in total. The van der Waals surface area contributed by atoms with Gasteiger partial charge in [-0.2, -0.15) is 0 Å². The van der Waals surface area contributed by atoms with Crippen LogP contribution in [0.25, 0.3) is 0 Å². The predicted molar refractivity (Wildman–Crippen MR) is 91.6 cm³/mol. The molecule has 0 atom stereocenters. The lowest BCUT2D eigenvalue weighted by Crippen LogP contribution is -2.38. The highest BCUT2D eigenvalue weighted by atomic mass is 16.5. The molecule has 1 saturated carbocycles. The Bertz CT molecular complexity index is 648. The third-order valence-corrected chi connectivity index (χ3v) is 4.35. The molecule has 1 amide bonds. The Labute approximate surface area is 142 Å². The minimum Gasteiger partial charge on any atom is -0.497 e. The van der Waals surface area contributed by atoms with Crippen molar-refractivity contribution in [1.82, 2.24) is 9.80 Å². The van der Waals surface area contributed by atoms with Gasteiger partial charge in [0, 0.05) is 19.6 Å². The molecule has 0 spiro atoms. The number of amides is 1. The largest absolute Gasteiger partial charge is 0.497 e. The topological polar surface area (TPSA) is 45.9 Å². The fourth-order valence-electron chi connectivity index (χ4n) is 2.74. The van der Waals surface area contributed by atoms with Crippen LogP contribution in [-0.2, 0) is 17.9 Å². The molecule has 1 aromatic carbocycles. The van der Waals surface area contributed by atoms with Gasteiger partial charge in [-0.1, -0.05) is 12.1 Å². The van der Waals surface area contributed by atoms with Crippen LogP contribution in [0.2, 0.25) is 0 Å². The molecule has 1 heterocycles.